The molecule has 0 saturated heterocycles. The third kappa shape index (κ3) is 4110. The summed E-state index contributed by atoms with van der Waals surface area (Å²) < 4.78 is 102. The standard InChI is InChI=1S/Al.3H2O4S.Sb/c;3*1-5(2,3)4;/h;3*(H2,1,2,3,4);/q+3;;;;+3/p-6. The summed E-state index contributed by atoms with van der Waals surface area (Å²) in [4.78, 5) is 0. The van der Waals surface area contributed by atoms with Crippen molar-refractivity contribution in [2.45, 2.75) is 0 Å². The number of hydrogen-bond donors (Lipinski definition) is 0. The Morgan fingerprint density at radius 2 is 0.471 bits per heavy atom. The van der Waals surface area contributed by atoms with Gasteiger partial charge in [0.2, 0.25) is 0 Å². The molecule has 0 spiro atoms. The summed E-state index contributed by atoms with van der Waals surface area (Å²) in [7, 11) is -15.5. The van der Waals surface area contributed by atoms with Gasteiger partial charge in [-0.1, -0.05) is 0 Å². The Morgan fingerprint density at radius 3 is 0.471 bits per heavy atom. The molecule has 98 valence electrons. The van der Waals surface area contributed by atoms with Crippen LogP contribution >= 0.6 is 0 Å². The molecule has 0 aromatic rings. The van der Waals surface area contributed by atoms with Crippen molar-refractivity contribution in [2.75, 3.05) is 0 Å². The van der Waals surface area contributed by atoms with Crippen molar-refractivity contribution in [2.24, 2.45) is 0 Å². The van der Waals surface area contributed by atoms with E-state index in [1.807, 2.05) is 0 Å². The van der Waals surface area contributed by atoms with Crippen LogP contribution in [0.1, 0.15) is 0 Å². The van der Waals surface area contributed by atoms with Crippen LogP contribution in [0.5, 0.6) is 0 Å². The van der Waals surface area contributed by atoms with E-state index in [9.17, 15) is 0 Å². The third-order valence-electron chi connectivity index (χ3n) is 0. The summed E-state index contributed by atoms with van der Waals surface area (Å²) in [5, 5.41) is 0. The molecule has 0 aliphatic carbocycles. The molecule has 0 aliphatic heterocycles. The molecular formula is AlO12S3Sb. The van der Waals surface area contributed by atoms with Crippen molar-refractivity contribution >= 4 is 73.0 Å². The monoisotopic (exact) mass is 436 g/mol. The Labute approximate surface area is 125 Å². The van der Waals surface area contributed by atoms with Crippen molar-refractivity contribution in [3.63, 3.8) is 0 Å². The van der Waals surface area contributed by atoms with Crippen molar-refractivity contribution < 1.29 is 52.6 Å². The second kappa shape index (κ2) is 12.0. The summed E-state index contributed by atoms with van der Waals surface area (Å²) in [6.07, 6.45) is 0. The van der Waals surface area contributed by atoms with Crippen LogP contribution in [0.15, 0.2) is 0 Å². The molecule has 0 aliphatic rings. The molecular weight excluding hydrogens is 437 g/mol. The molecule has 0 bridgehead atoms. The van der Waals surface area contributed by atoms with Gasteiger partial charge < -0.3 is 27.3 Å². The average molecular weight is 437 g/mol. The summed E-state index contributed by atoms with van der Waals surface area (Å²) >= 11 is 0. The zero-order chi connectivity index (χ0) is 13.5. The quantitative estimate of drug-likeness (QED) is 0.197. The Morgan fingerprint density at radius 1 is 0.471 bits per heavy atom. The zero-order valence-electron chi connectivity index (χ0n) is 7.15. The normalized spacial score (nSPS) is 10.2. The summed E-state index contributed by atoms with van der Waals surface area (Å²) in [5.41, 5.74) is 0. The molecule has 17 heavy (non-hydrogen) atoms. The van der Waals surface area contributed by atoms with Gasteiger partial charge >= 0.3 is 41.8 Å². The molecule has 0 fully saturated rings. The van der Waals surface area contributed by atoms with E-state index in [0.717, 1.165) is 0 Å². The molecule has 0 rings (SSSR count). The van der Waals surface area contributed by atoms with E-state index >= 15 is 0 Å². The molecule has 12 nitrogen and oxygen atoms in total. The SMILES string of the molecule is O=S(=O)([O-])[O-].O=S(=O)([O-])[O-].O=S(=O)([O-])[O-].[Al+3].[Sb+3]. The van der Waals surface area contributed by atoms with Gasteiger partial charge in [-0.05, 0) is 0 Å². The number of rotatable bonds is 0. The number of hydrogen-bond acceptors (Lipinski definition) is 12. The molecule has 0 heterocycles. The molecule has 2 radical (unpaired) electrons. The minimum Gasteiger partial charge on any atom is -0.759 e. The van der Waals surface area contributed by atoms with Crippen LogP contribution in [0.25, 0.3) is 0 Å². The minimum atomic E-state index is -5.17. The zero-order valence-corrected chi connectivity index (χ0v) is 13.3. The molecule has 0 unspecified atom stereocenters. The maximum atomic E-state index is 8.52. The van der Waals surface area contributed by atoms with E-state index in [1.165, 1.54) is 0 Å². The summed E-state index contributed by atoms with van der Waals surface area (Å²) in [5.74, 6) is 0. The largest absolute Gasteiger partial charge is 3.00 e. The maximum Gasteiger partial charge on any atom is 3.00 e. The predicted molar refractivity (Wildman–Crippen MR) is 42.9 cm³/mol. The van der Waals surface area contributed by atoms with E-state index in [1.54, 1.807) is 0 Å². The second-order valence-corrected chi connectivity index (χ2v) is 3.67. The van der Waals surface area contributed by atoms with Crippen molar-refractivity contribution in [1.29, 1.82) is 0 Å². The Hall–Kier alpha value is 0.961. The second-order valence-electron chi connectivity index (χ2n) is 1.22. The van der Waals surface area contributed by atoms with Gasteiger partial charge in [-0.15, -0.1) is 0 Å². The first kappa shape index (κ1) is 30.8. The fraction of sp³-hybridized carbons (Fsp3) is 0. The smallest absolute Gasteiger partial charge is 0.759 e. The molecule has 0 saturated carbocycles. The third-order valence-corrected chi connectivity index (χ3v) is 0. The fourth-order valence-corrected chi connectivity index (χ4v) is 0. The van der Waals surface area contributed by atoms with Crippen molar-refractivity contribution in [3.8, 4) is 0 Å². The fourth-order valence-electron chi connectivity index (χ4n) is 0. The van der Waals surface area contributed by atoms with Crippen molar-refractivity contribution in [3.05, 3.63) is 0 Å². The minimum absolute atomic E-state index is 0. The van der Waals surface area contributed by atoms with Crippen LogP contribution < -0.4 is 0 Å². The Balaban J connectivity index is -0.0000000400. The van der Waals surface area contributed by atoms with Crippen LogP contribution in [0.4, 0.5) is 0 Å². The van der Waals surface area contributed by atoms with Crippen LogP contribution in [0.2, 0.25) is 0 Å². The molecule has 17 heteroatoms. The van der Waals surface area contributed by atoms with Crippen LogP contribution in [-0.4, -0.2) is 94.4 Å². The predicted octanol–water partition coefficient (Wildman–Crippen LogP) is -4.78. The van der Waals surface area contributed by atoms with Gasteiger partial charge in [-0.3, -0.25) is 25.3 Å². The van der Waals surface area contributed by atoms with Gasteiger partial charge in [0.15, 0.2) is 0 Å². The van der Waals surface area contributed by atoms with Crippen LogP contribution in [0.3, 0.4) is 0 Å². The van der Waals surface area contributed by atoms with Crippen molar-refractivity contribution in [1.82, 2.24) is 0 Å². The average Bonchev–Trinajstić information content (AvgIpc) is 1.41. The molecule has 0 N–H and O–H groups in total. The van der Waals surface area contributed by atoms with Gasteiger partial charge in [0.25, 0.3) is 0 Å². The van der Waals surface area contributed by atoms with Gasteiger partial charge in [-0.2, -0.15) is 0 Å². The summed E-state index contributed by atoms with van der Waals surface area (Å²) in [6.45, 7) is 0. The van der Waals surface area contributed by atoms with Crippen LogP contribution in [0, 0.1) is 0 Å². The maximum absolute atomic E-state index is 8.52. The first-order chi connectivity index (χ1) is 6.00. The van der Waals surface area contributed by atoms with Gasteiger partial charge in [0.1, 0.15) is 0 Å². The Kier molecular flexibility index (Phi) is 21.7. The molecule has 0 aromatic carbocycles. The molecule has 0 aromatic heterocycles. The van der Waals surface area contributed by atoms with Gasteiger partial charge in [0.05, 0.1) is 0 Å². The Bertz CT molecular complexity index is 343. The van der Waals surface area contributed by atoms with E-state index in [-0.39, 0.29) is 41.8 Å². The van der Waals surface area contributed by atoms with E-state index < -0.39 is 31.2 Å². The van der Waals surface area contributed by atoms with E-state index in [2.05, 4.69) is 0 Å². The van der Waals surface area contributed by atoms with Crippen LogP contribution in [-0.2, 0) is 31.2 Å². The summed E-state index contributed by atoms with van der Waals surface area (Å²) in [6, 6.07) is 0. The van der Waals surface area contributed by atoms with E-state index in [0.29, 0.717) is 0 Å². The molecule has 0 amide bonds. The van der Waals surface area contributed by atoms with E-state index in [4.69, 9.17) is 52.6 Å². The first-order valence-corrected chi connectivity index (χ1v) is 6.00. The molecule has 0 atom stereocenters. The first-order valence-electron chi connectivity index (χ1n) is 2.00. The van der Waals surface area contributed by atoms with Gasteiger partial charge in [0, 0.05) is 31.2 Å². The van der Waals surface area contributed by atoms with Gasteiger partial charge in [-0.25, -0.2) is 0 Å². The topological polar surface area (TPSA) is 241 Å².